The average molecular weight is 518 g/mol. The molecule has 2 aromatic rings. The molecule has 1 aliphatic heterocycles. The van der Waals surface area contributed by atoms with Crippen LogP contribution in [0.5, 0.6) is 5.75 Å². The van der Waals surface area contributed by atoms with E-state index in [4.69, 9.17) is 9.47 Å². The van der Waals surface area contributed by atoms with E-state index in [0.717, 1.165) is 66.8 Å². The maximum Gasteiger partial charge on any atom is 0.323 e. The summed E-state index contributed by atoms with van der Waals surface area (Å²) in [6.45, 7) is 3.15. The summed E-state index contributed by atoms with van der Waals surface area (Å²) in [6.07, 6.45) is 13.0. The molecule has 200 valence electrons. The van der Waals surface area contributed by atoms with E-state index in [0.29, 0.717) is 11.2 Å². The normalized spacial score (nSPS) is 19.5. The zero-order valence-electron chi connectivity index (χ0n) is 22.2. The first-order chi connectivity index (χ1) is 17.6. The van der Waals surface area contributed by atoms with Gasteiger partial charge in [-0.3, -0.25) is 5.32 Å². The van der Waals surface area contributed by atoms with Crippen molar-refractivity contribution < 1.29 is 14.3 Å². The third-order valence-corrected chi connectivity index (χ3v) is 8.72. The van der Waals surface area contributed by atoms with Crippen LogP contribution in [0.15, 0.2) is 12.1 Å². The van der Waals surface area contributed by atoms with Gasteiger partial charge in [0.15, 0.2) is 5.13 Å². The first-order valence-electron chi connectivity index (χ1n) is 13.6. The molecule has 1 aromatic carbocycles. The summed E-state index contributed by atoms with van der Waals surface area (Å²) in [7, 11) is 5.60. The zero-order chi connectivity index (χ0) is 25.3. The molecule has 2 saturated carbocycles. The molecule has 1 saturated heterocycles. The van der Waals surface area contributed by atoms with Crippen molar-refractivity contribution in [3.8, 4) is 5.75 Å². The third-order valence-electron chi connectivity index (χ3n) is 7.73. The molecule has 8 nitrogen and oxygen atoms in total. The van der Waals surface area contributed by atoms with Crippen molar-refractivity contribution in [2.45, 2.75) is 76.3 Å². The summed E-state index contributed by atoms with van der Waals surface area (Å²) in [4.78, 5) is 21.6. The standard InChI is InChI=1S/C20H28N4O3S.C7H15N/c1-23(14-6-4-3-5-7-14)20(25)22-19-21-17-16(26-2)9-8-15(18(17)28-19)24-10-12-27-13-11-24;1-8-7-5-3-2-4-6-7/h8-9,14H,3-7,10-13H2,1-2H3,(H,21,22,25);7-8H,2-6H2,1H3. The second kappa shape index (κ2) is 13.4. The van der Waals surface area contributed by atoms with Crippen LogP contribution in [0.3, 0.4) is 0 Å². The predicted molar refractivity (Wildman–Crippen MR) is 149 cm³/mol. The number of ether oxygens (including phenoxy) is 2. The Kier molecular flexibility index (Phi) is 10.1. The fraction of sp³-hybridized carbons (Fsp3) is 0.704. The summed E-state index contributed by atoms with van der Waals surface area (Å²) >= 11 is 1.51. The summed E-state index contributed by atoms with van der Waals surface area (Å²) < 4.78 is 12.0. The number of anilines is 2. The van der Waals surface area contributed by atoms with Gasteiger partial charge in [-0.1, -0.05) is 49.9 Å². The summed E-state index contributed by atoms with van der Waals surface area (Å²) in [5.41, 5.74) is 1.92. The van der Waals surface area contributed by atoms with Crippen molar-refractivity contribution >= 4 is 38.4 Å². The molecule has 0 atom stereocenters. The number of methoxy groups -OCH3 is 1. The number of hydrogen-bond acceptors (Lipinski definition) is 7. The third kappa shape index (κ3) is 6.81. The average Bonchev–Trinajstić information content (AvgIpc) is 3.37. The SMILES string of the molecule is CNC1CCCCC1.COc1ccc(N2CCOCC2)c2sc(NC(=O)N(C)C3CCCCC3)nc12. The highest BCUT2D eigenvalue weighted by atomic mass is 32.1. The number of benzene rings is 1. The Hall–Kier alpha value is -2.10. The van der Waals surface area contributed by atoms with Crippen LogP contribution in [-0.4, -0.2) is 75.5 Å². The second-order valence-electron chi connectivity index (χ2n) is 10.0. The lowest BCUT2D eigenvalue weighted by molar-refractivity contribution is 0.123. The van der Waals surface area contributed by atoms with Gasteiger partial charge in [0, 0.05) is 32.2 Å². The van der Waals surface area contributed by atoms with E-state index in [2.05, 4.69) is 33.6 Å². The van der Waals surface area contributed by atoms with Crippen molar-refractivity contribution in [3.05, 3.63) is 12.1 Å². The van der Waals surface area contributed by atoms with E-state index >= 15 is 0 Å². The molecule has 2 N–H and O–H groups in total. The van der Waals surface area contributed by atoms with Crippen LogP contribution < -0.4 is 20.3 Å². The quantitative estimate of drug-likeness (QED) is 0.547. The fourth-order valence-electron chi connectivity index (χ4n) is 5.45. The van der Waals surface area contributed by atoms with Gasteiger partial charge in [0.25, 0.3) is 0 Å². The molecule has 1 aromatic heterocycles. The Morgan fingerprint density at radius 1 is 1.08 bits per heavy atom. The molecule has 3 fully saturated rings. The minimum Gasteiger partial charge on any atom is -0.494 e. The number of morpholine rings is 1. The maximum atomic E-state index is 12.8. The van der Waals surface area contributed by atoms with Gasteiger partial charge < -0.3 is 24.6 Å². The topological polar surface area (TPSA) is 79.0 Å². The molecule has 0 radical (unpaired) electrons. The van der Waals surface area contributed by atoms with Crippen molar-refractivity contribution in [1.82, 2.24) is 15.2 Å². The molecule has 0 bridgehead atoms. The maximum absolute atomic E-state index is 12.8. The lowest BCUT2D eigenvalue weighted by atomic mass is 9.95. The van der Waals surface area contributed by atoms with Crippen LogP contribution in [0.4, 0.5) is 15.6 Å². The van der Waals surface area contributed by atoms with Crippen molar-refractivity contribution in [2.75, 3.05) is 57.7 Å². The van der Waals surface area contributed by atoms with Crippen LogP contribution >= 0.6 is 11.3 Å². The van der Waals surface area contributed by atoms with E-state index in [-0.39, 0.29) is 6.03 Å². The lowest BCUT2D eigenvalue weighted by Gasteiger charge is -2.30. The molecule has 0 spiro atoms. The Bertz CT molecular complexity index is 966. The first-order valence-corrected chi connectivity index (χ1v) is 14.4. The predicted octanol–water partition coefficient (Wildman–Crippen LogP) is 5.48. The molecule has 0 unspecified atom stereocenters. The molecule has 2 aliphatic carbocycles. The number of hydrogen-bond donors (Lipinski definition) is 2. The molecule has 2 amide bonds. The summed E-state index contributed by atoms with van der Waals surface area (Å²) in [5.74, 6) is 0.726. The monoisotopic (exact) mass is 517 g/mol. The minimum absolute atomic E-state index is 0.0853. The molecule has 2 heterocycles. The van der Waals surface area contributed by atoms with Crippen molar-refractivity contribution in [1.29, 1.82) is 0 Å². The highest BCUT2D eigenvalue weighted by molar-refractivity contribution is 7.23. The van der Waals surface area contributed by atoms with Crippen LogP contribution in [0.25, 0.3) is 10.2 Å². The van der Waals surface area contributed by atoms with Gasteiger partial charge in [-0.25, -0.2) is 9.78 Å². The van der Waals surface area contributed by atoms with E-state index in [1.165, 1.54) is 62.7 Å². The van der Waals surface area contributed by atoms with Gasteiger partial charge in [-0.2, -0.15) is 0 Å². The highest BCUT2D eigenvalue weighted by Gasteiger charge is 2.24. The van der Waals surface area contributed by atoms with E-state index in [1.54, 1.807) is 7.11 Å². The molecular weight excluding hydrogens is 474 g/mol. The number of carbonyl (C=O) groups is 1. The van der Waals surface area contributed by atoms with Crippen molar-refractivity contribution in [2.24, 2.45) is 0 Å². The molecular formula is C27H43N5O3S. The molecule has 3 aliphatic rings. The number of amides is 2. The summed E-state index contributed by atoms with van der Waals surface area (Å²) in [5, 5.41) is 6.92. The van der Waals surface area contributed by atoms with Gasteiger partial charge >= 0.3 is 6.03 Å². The molecule has 5 rings (SSSR count). The largest absolute Gasteiger partial charge is 0.494 e. The lowest BCUT2D eigenvalue weighted by Crippen LogP contribution is -2.40. The number of carbonyl (C=O) groups excluding carboxylic acids is 1. The van der Waals surface area contributed by atoms with E-state index in [1.807, 2.05) is 18.0 Å². The van der Waals surface area contributed by atoms with Gasteiger partial charge in [0.05, 0.1) is 30.7 Å². The van der Waals surface area contributed by atoms with Crippen LogP contribution in [-0.2, 0) is 4.74 Å². The van der Waals surface area contributed by atoms with Crippen LogP contribution in [0, 0.1) is 0 Å². The van der Waals surface area contributed by atoms with Crippen LogP contribution in [0.1, 0.15) is 64.2 Å². The number of aromatic nitrogens is 1. The van der Waals surface area contributed by atoms with Gasteiger partial charge in [0.2, 0.25) is 0 Å². The highest BCUT2D eigenvalue weighted by Crippen LogP contribution is 2.39. The van der Waals surface area contributed by atoms with Gasteiger partial charge in [-0.05, 0) is 44.9 Å². The smallest absolute Gasteiger partial charge is 0.323 e. The second-order valence-corrected chi connectivity index (χ2v) is 11.0. The van der Waals surface area contributed by atoms with E-state index in [9.17, 15) is 4.79 Å². The minimum atomic E-state index is -0.0853. The van der Waals surface area contributed by atoms with Gasteiger partial charge in [0.1, 0.15) is 11.3 Å². The Morgan fingerprint density at radius 2 is 1.75 bits per heavy atom. The Morgan fingerprint density at radius 3 is 2.36 bits per heavy atom. The van der Waals surface area contributed by atoms with E-state index < -0.39 is 0 Å². The Labute approximate surface area is 219 Å². The summed E-state index contributed by atoms with van der Waals surface area (Å²) in [6, 6.07) is 5.10. The zero-order valence-corrected chi connectivity index (χ0v) is 23.0. The fourth-order valence-corrected chi connectivity index (χ4v) is 6.46. The molecule has 36 heavy (non-hydrogen) atoms. The Balaban J connectivity index is 0.000000325. The van der Waals surface area contributed by atoms with Crippen molar-refractivity contribution in [3.63, 3.8) is 0 Å². The number of thiazole rings is 1. The number of urea groups is 1. The first kappa shape index (κ1) is 26.9. The number of fused-ring (bicyclic) bond motifs is 1. The molecule has 9 heteroatoms. The number of nitrogens with one attached hydrogen (secondary N) is 2. The van der Waals surface area contributed by atoms with Crippen LogP contribution in [0.2, 0.25) is 0 Å². The number of nitrogens with zero attached hydrogens (tertiary/aromatic N) is 3. The van der Waals surface area contributed by atoms with Gasteiger partial charge in [-0.15, -0.1) is 0 Å². The number of rotatable bonds is 5.